The highest BCUT2D eigenvalue weighted by Crippen LogP contribution is 2.22. The predicted octanol–water partition coefficient (Wildman–Crippen LogP) is 0.827. The van der Waals surface area contributed by atoms with Gasteiger partial charge < -0.3 is 5.32 Å². The van der Waals surface area contributed by atoms with E-state index in [1.807, 2.05) is 0 Å². The molecule has 0 bridgehead atoms. The molecule has 1 atom stereocenters. The van der Waals surface area contributed by atoms with Crippen LogP contribution in [0.15, 0.2) is 0 Å². The molecule has 1 saturated heterocycles. The minimum absolute atomic E-state index is 0.483. The molecule has 15 heavy (non-hydrogen) atoms. The Kier molecular flexibility index (Phi) is 2.37. The van der Waals surface area contributed by atoms with Crippen molar-refractivity contribution < 1.29 is 0 Å². The Morgan fingerprint density at radius 2 is 2.00 bits per heavy atom. The van der Waals surface area contributed by atoms with Crippen LogP contribution >= 0.6 is 0 Å². The van der Waals surface area contributed by atoms with E-state index in [-0.39, 0.29) is 0 Å². The summed E-state index contributed by atoms with van der Waals surface area (Å²) in [6, 6.07) is 0. The maximum Gasteiger partial charge on any atom is 0.155 e. The monoisotopic (exact) mass is 204 g/mol. The summed E-state index contributed by atoms with van der Waals surface area (Å²) in [5, 5.41) is 12.0. The van der Waals surface area contributed by atoms with Crippen molar-refractivity contribution in [3.63, 3.8) is 0 Å². The molecule has 2 heterocycles. The van der Waals surface area contributed by atoms with Gasteiger partial charge in [0, 0.05) is 12.5 Å². The molecule has 2 aliphatic rings. The van der Waals surface area contributed by atoms with E-state index in [4.69, 9.17) is 0 Å². The van der Waals surface area contributed by atoms with Crippen molar-refractivity contribution in [1.82, 2.24) is 20.5 Å². The molecule has 0 saturated carbocycles. The quantitative estimate of drug-likeness (QED) is 0.736. The van der Waals surface area contributed by atoms with Crippen LogP contribution in [-0.2, 0) is 12.8 Å². The molecule has 1 aliphatic carbocycles. The van der Waals surface area contributed by atoms with Gasteiger partial charge in [-0.2, -0.15) is 5.10 Å². The van der Waals surface area contributed by atoms with Crippen molar-refractivity contribution in [2.45, 2.75) is 38.0 Å². The summed E-state index contributed by atoms with van der Waals surface area (Å²) in [6.45, 7) is 2.15. The third-order valence-electron chi connectivity index (χ3n) is 3.34. The summed E-state index contributed by atoms with van der Waals surface area (Å²) in [5.74, 6) is 1.44. The van der Waals surface area contributed by atoms with Gasteiger partial charge in [0.05, 0.1) is 11.4 Å². The molecular formula is C11H16N4. The first-order chi connectivity index (χ1) is 7.43. The molecule has 1 unspecified atom stereocenters. The highest BCUT2D eigenvalue weighted by Gasteiger charge is 2.21. The van der Waals surface area contributed by atoms with Crippen LogP contribution in [0.3, 0.4) is 0 Å². The van der Waals surface area contributed by atoms with E-state index in [0.717, 1.165) is 37.4 Å². The zero-order chi connectivity index (χ0) is 10.1. The van der Waals surface area contributed by atoms with Gasteiger partial charge in [0.2, 0.25) is 0 Å². The Balaban J connectivity index is 1.85. The van der Waals surface area contributed by atoms with Crippen molar-refractivity contribution in [1.29, 1.82) is 0 Å². The van der Waals surface area contributed by atoms with Gasteiger partial charge in [0.1, 0.15) is 0 Å². The lowest BCUT2D eigenvalue weighted by Gasteiger charge is -2.21. The molecule has 1 fully saturated rings. The number of aromatic nitrogens is 3. The number of rotatable bonds is 1. The van der Waals surface area contributed by atoms with E-state index in [1.165, 1.54) is 25.0 Å². The summed E-state index contributed by atoms with van der Waals surface area (Å²) in [7, 11) is 0. The highest BCUT2D eigenvalue weighted by atomic mass is 15.2. The summed E-state index contributed by atoms with van der Waals surface area (Å²) in [5.41, 5.74) is 2.33. The zero-order valence-corrected chi connectivity index (χ0v) is 8.87. The summed E-state index contributed by atoms with van der Waals surface area (Å²) in [6.07, 6.45) is 5.79. The van der Waals surface area contributed by atoms with Gasteiger partial charge in [-0.15, -0.1) is 5.10 Å². The lowest BCUT2D eigenvalue weighted by atomic mass is 9.99. The molecule has 0 spiro atoms. The van der Waals surface area contributed by atoms with Gasteiger partial charge in [0.15, 0.2) is 5.82 Å². The second-order valence-corrected chi connectivity index (χ2v) is 4.46. The maximum absolute atomic E-state index is 4.66. The number of nitrogens with one attached hydrogen (secondary N) is 1. The zero-order valence-electron chi connectivity index (χ0n) is 8.87. The van der Waals surface area contributed by atoms with Crippen molar-refractivity contribution in [2.24, 2.45) is 0 Å². The molecule has 4 heteroatoms. The molecule has 1 aromatic heterocycles. The van der Waals surface area contributed by atoms with Crippen LogP contribution in [0.1, 0.15) is 42.4 Å². The van der Waals surface area contributed by atoms with Crippen LogP contribution in [0.2, 0.25) is 0 Å². The molecule has 80 valence electrons. The number of fused-ring (bicyclic) bond motifs is 1. The normalized spacial score (nSPS) is 25.2. The molecule has 4 nitrogen and oxygen atoms in total. The van der Waals surface area contributed by atoms with Crippen molar-refractivity contribution in [3.8, 4) is 0 Å². The fourth-order valence-electron chi connectivity index (χ4n) is 2.46. The Morgan fingerprint density at radius 3 is 2.87 bits per heavy atom. The van der Waals surface area contributed by atoms with Gasteiger partial charge >= 0.3 is 0 Å². The van der Waals surface area contributed by atoms with Crippen LogP contribution in [0.5, 0.6) is 0 Å². The van der Waals surface area contributed by atoms with E-state index in [9.17, 15) is 0 Å². The summed E-state index contributed by atoms with van der Waals surface area (Å²) in [4.78, 5) is 4.66. The smallest absolute Gasteiger partial charge is 0.155 e. The fourth-order valence-corrected chi connectivity index (χ4v) is 2.46. The summed E-state index contributed by atoms with van der Waals surface area (Å²) < 4.78 is 0. The molecule has 0 amide bonds. The number of hydrogen-bond acceptors (Lipinski definition) is 4. The third kappa shape index (κ3) is 1.74. The van der Waals surface area contributed by atoms with Gasteiger partial charge in [-0.3, -0.25) is 0 Å². The highest BCUT2D eigenvalue weighted by molar-refractivity contribution is 5.17. The second-order valence-electron chi connectivity index (χ2n) is 4.46. The van der Waals surface area contributed by atoms with E-state index in [2.05, 4.69) is 20.5 Å². The summed E-state index contributed by atoms with van der Waals surface area (Å²) >= 11 is 0. The number of nitrogens with zero attached hydrogens (tertiary/aromatic N) is 3. The number of hydrogen-bond donors (Lipinski definition) is 1. The topological polar surface area (TPSA) is 50.7 Å². The Morgan fingerprint density at radius 1 is 1.07 bits per heavy atom. The Hall–Kier alpha value is -1.03. The minimum atomic E-state index is 0.483. The van der Waals surface area contributed by atoms with Gasteiger partial charge in [-0.25, -0.2) is 4.98 Å². The fraction of sp³-hybridized carbons (Fsp3) is 0.727. The minimum Gasteiger partial charge on any atom is -0.316 e. The average molecular weight is 204 g/mol. The molecule has 1 N–H and O–H groups in total. The van der Waals surface area contributed by atoms with Crippen molar-refractivity contribution >= 4 is 0 Å². The lowest BCUT2D eigenvalue weighted by Crippen LogP contribution is -2.29. The predicted molar refractivity (Wildman–Crippen MR) is 56.7 cm³/mol. The van der Waals surface area contributed by atoms with Crippen molar-refractivity contribution in [2.75, 3.05) is 13.1 Å². The Labute approximate surface area is 89.5 Å². The lowest BCUT2D eigenvalue weighted by molar-refractivity contribution is 0.441. The first-order valence-corrected chi connectivity index (χ1v) is 5.86. The molecule has 1 aromatic rings. The third-order valence-corrected chi connectivity index (χ3v) is 3.34. The van der Waals surface area contributed by atoms with Crippen LogP contribution in [0.4, 0.5) is 0 Å². The van der Waals surface area contributed by atoms with Crippen LogP contribution in [-0.4, -0.2) is 28.3 Å². The number of piperidine rings is 1. The van der Waals surface area contributed by atoms with Crippen molar-refractivity contribution in [3.05, 3.63) is 17.2 Å². The van der Waals surface area contributed by atoms with E-state index < -0.39 is 0 Å². The molecule has 1 aliphatic heterocycles. The maximum atomic E-state index is 4.66. The van der Waals surface area contributed by atoms with Gasteiger partial charge in [-0.05, 0) is 38.6 Å². The van der Waals surface area contributed by atoms with Crippen LogP contribution in [0, 0.1) is 0 Å². The standard InChI is InChI=1S/C11H16N4/c1-4-9-10(5-1)14-15-11(13-9)8-3-2-6-12-7-8/h8,12H,1-7H2. The van der Waals surface area contributed by atoms with E-state index in [1.54, 1.807) is 0 Å². The first-order valence-electron chi connectivity index (χ1n) is 5.86. The van der Waals surface area contributed by atoms with Gasteiger partial charge in [-0.1, -0.05) is 0 Å². The van der Waals surface area contributed by atoms with Crippen LogP contribution < -0.4 is 5.32 Å². The molecule has 3 rings (SSSR count). The average Bonchev–Trinajstić information content (AvgIpc) is 2.77. The molecule has 0 aromatic carbocycles. The van der Waals surface area contributed by atoms with E-state index >= 15 is 0 Å². The number of aryl methyl sites for hydroxylation is 2. The second kappa shape index (κ2) is 3.85. The van der Waals surface area contributed by atoms with E-state index in [0.29, 0.717) is 5.92 Å². The first kappa shape index (κ1) is 9.21. The molecular weight excluding hydrogens is 188 g/mol. The van der Waals surface area contributed by atoms with Crippen LogP contribution in [0.25, 0.3) is 0 Å². The van der Waals surface area contributed by atoms with Gasteiger partial charge in [0.25, 0.3) is 0 Å². The Bertz CT molecular complexity index is 358. The SMILES string of the molecule is C1Cc2nnc(C3CCCNC3)nc2C1. The molecule has 0 radical (unpaired) electrons. The largest absolute Gasteiger partial charge is 0.316 e.